The van der Waals surface area contributed by atoms with Crippen LogP contribution >= 0.6 is 0 Å². The second kappa shape index (κ2) is 5.88. The number of hydrogen-bond acceptors (Lipinski definition) is 6. The molecule has 1 saturated heterocycles. The molecule has 2 N–H and O–H groups in total. The zero-order valence-corrected chi connectivity index (χ0v) is 11.3. The van der Waals surface area contributed by atoms with E-state index in [1.165, 1.54) is 7.11 Å². The molecule has 1 aromatic rings. The summed E-state index contributed by atoms with van der Waals surface area (Å²) in [6, 6.07) is 1.91. The second-order valence-electron chi connectivity index (χ2n) is 4.59. The molecule has 0 unspecified atom stereocenters. The molecule has 0 aliphatic carbocycles. The van der Waals surface area contributed by atoms with Crippen LogP contribution in [-0.2, 0) is 9.47 Å². The first-order chi connectivity index (χ1) is 9.13. The van der Waals surface area contributed by atoms with Crippen molar-refractivity contribution in [1.82, 2.24) is 4.98 Å². The molecule has 2 heterocycles. The highest BCUT2D eigenvalue weighted by molar-refractivity contribution is 5.95. The Balaban J connectivity index is 2.29. The lowest BCUT2D eigenvalue weighted by Crippen LogP contribution is -2.38. The van der Waals surface area contributed by atoms with Crippen molar-refractivity contribution in [3.05, 3.63) is 17.8 Å². The summed E-state index contributed by atoms with van der Waals surface area (Å²) in [6.45, 7) is 1.47. The van der Waals surface area contributed by atoms with Crippen LogP contribution in [0.3, 0.4) is 0 Å². The first-order valence-electron chi connectivity index (χ1n) is 6.28. The van der Waals surface area contributed by atoms with Crippen LogP contribution in [0.5, 0.6) is 0 Å². The van der Waals surface area contributed by atoms with E-state index in [-0.39, 0.29) is 0 Å². The zero-order chi connectivity index (χ0) is 13.8. The van der Waals surface area contributed by atoms with Gasteiger partial charge in [0.1, 0.15) is 11.4 Å². The van der Waals surface area contributed by atoms with Gasteiger partial charge in [0.15, 0.2) is 0 Å². The van der Waals surface area contributed by atoms with Gasteiger partial charge in [0, 0.05) is 26.3 Å². The maximum absolute atomic E-state index is 11.8. The Kier molecular flexibility index (Phi) is 4.21. The number of nitrogens with zero attached hydrogens (tertiary/aromatic N) is 2. The second-order valence-corrected chi connectivity index (χ2v) is 4.59. The lowest BCUT2D eigenvalue weighted by molar-refractivity contribution is 0.0600. The maximum atomic E-state index is 11.8. The Bertz CT molecular complexity index is 458. The van der Waals surface area contributed by atoms with Gasteiger partial charge in [0.05, 0.1) is 19.0 Å². The molecule has 0 aromatic carbocycles. The minimum atomic E-state index is -0.422. The summed E-state index contributed by atoms with van der Waals surface area (Å²) < 4.78 is 10.1. The summed E-state index contributed by atoms with van der Waals surface area (Å²) in [6.07, 6.45) is 3.39. The van der Waals surface area contributed by atoms with Crippen molar-refractivity contribution >= 4 is 17.5 Å². The molecule has 2 rings (SSSR count). The largest absolute Gasteiger partial charge is 0.465 e. The van der Waals surface area contributed by atoms with Gasteiger partial charge < -0.3 is 20.1 Å². The van der Waals surface area contributed by atoms with E-state index < -0.39 is 5.97 Å². The number of rotatable bonds is 3. The molecule has 1 fully saturated rings. The van der Waals surface area contributed by atoms with E-state index in [2.05, 4.69) is 4.98 Å². The molecule has 0 atom stereocenters. The Labute approximate surface area is 112 Å². The van der Waals surface area contributed by atoms with Gasteiger partial charge in [-0.3, -0.25) is 0 Å². The molecule has 1 aliphatic heterocycles. The van der Waals surface area contributed by atoms with Crippen LogP contribution < -0.4 is 10.6 Å². The van der Waals surface area contributed by atoms with Crippen LogP contribution in [0.25, 0.3) is 0 Å². The van der Waals surface area contributed by atoms with Crippen molar-refractivity contribution in [2.75, 3.05) is 38.0 Å². The van der Waals surface area contributed by atoms with Gasteiger partial charge in [-0.25, -0.2) is 9.78 Å². The average molecular weight is 265 g/mol. The Morgan fingerprint density at radius 3 is 2.84 bits per heavy atom. The number of nitrogens with two attached hydrogens (primary N) is 1. The number of esters is 1. The molecule has 0 bridgehead atoms. The van der Waals surface area contributed by atoms with Crippen molar-refractivity contribution in [1.29, 1.82) is 0 Å². The first-order valence-corrected chi connectivity index (χ1v) is 6.28. The number of nitrogen functional groups attached to an aromatic ring is 1. The fourth-order valence-electron chi connectivity index (χ4n) is 2.26. The lowest BCUT2D eigenvalue weighted by atomic mass is 10.1. The molecule has 0 amide bonds. The van der Waals surface area contributed by atoms with Crippen molar-refractivity contribution in [3.63, 3.8) is 0 Å². The quantitative estimate of drug-likeness (QED) is 0.824. The van der Waals surface area contributed by atoms with E-state index in [4.69, 9.17) is 15.2 Å². The minimum Gasteiger partial charge on any atom is -0.465 e. The van der Waals surface area contributed by atoms with Crippen LogP contribution in [0.1, 0.15) is 23.2 Å². The van der Waals surface area contributed by atoms with E-state index in [0.29, 0.717) is 23.1 Å². The highest BCUT2D eigenvalue weighted by Gasteiger charge is 2.24. The Morgan fingerprint density at radius 1 is 1.53 bits per heavy atom. The van der Waals surface area contributed by atoms with Gasteiger partial charge in [-0.1, -0.05) is 0 Å². The molecule has 104 valence electrons. The number of carbonyl (C=O) groups excluding carboxylic acids is 1. The monoisotopic (exact) mass is 265 g/mol. The average Bonchev–Trinajstić information content (AvgIpc) is 2.46. The lowest BCUT2D eigenvalue weighted by Gasteiger charge is -2.32. The number of methoxy groups -OCH3 is 1. The summed E-state index contributed by atoms with van der Waals surface area (Å²) in [5.74, 6) is 0.182. The molecule has 0 radical (unpaired) electrons. The first kappa shape index (κ1) is 13.6. The molecule has 6 heteroatoms. The van der Waals surface area contributed by atoms with E-state index in [1.54, 1.807) is 12.3 Å². The normalized spacial score (nSPS) is 16.1. The summed E-state index contributed by atoms with van der Waals surface area (Å²) in [5, 5.41) is 0. The third-order valence-electron chi connectivity index (χ3n) is 3.37. The highest BCUT2D eigenvalue weighted by Crippen LogP contribution is 2.24. The van der Waals surface area contributed by atoms with Crippen LogP contribution in [0.2, 0.25) is 0 Å². The van der Waals surface area contributed by atoms with Gasteiger partial charge >= 0.3 is 5.97 Å². The predicted molar refractivity (Wildman–Crippen MR) is 72.2 cm³/mol. The van der Waals surface area contributed by atoms with Crippen LogP contribution in [0, 0.1) is 0 Å². The SMILES string of the molecule is COC(=O)c1cc(N)cnc1N(C)C1CCOCC1. The molecule has 1 aliphatic rings. The third kappa shape index (κ3) is 2.96. The Hall–Kier alpha value is -1.82. The number of hydrogen-bond donors (Lipinski definition) is 1. The highest BCUT2D eigenvalue weighted by atomic mass is 16.5. The summed E-state index contributed by atoms with van der Waals surface area (Å²) in [5.41, 5.74) is 6.54. The van der Waals surface area contributed by atoms with Gasteiger partial charge in [-0.15, -0.1) is 0 Å². The van der Waals surface area contributed by atoms with Crippen molar-refractivity contribution in [3.8, 4) is 0 Å². The molecule has 0 spiro atoms. The fraction of sp³-hybridized carbons (Fsp3) is 0.538. The van der Waals surface area contributed by atoms with Crippen LogP contribution in [0.4, 0.5) is 11.5 Å². The third-order valence-corrected chi connectivity index (χ3v) is 3.37. The minimum absolute atomic E-state index is 0.313. The van der Waals surface area contributed by atoms with E-state index in [9.17, 15) is 4.79 Å². The van der Waals surface area contributed by atoms with Crippen LogP contribution in [-0.4, -0.2) is 44.4 Å². The molecular formula is C13H19N3O3. The molecule has 1 aromatic heterocycles. The predicted octanol–water partition coefficient (Wildman–Crippen LogP) is 1.07. The number of ether oxygens (including phenoxy) is 2. The van der Waals surface area contributed by atoms with Gasteiger partial charge in [-0.2, -0.15) is 0 Å². The number of pyridine rings is 1. The maximum Gasteiger partial charge on any atom is 0.341 e. The molecular weight excluding hydrogens is 246 g/mol. The number of aromatic nitrogens is 1. The van der Waals surface area contributed by atoms with E-state index in [0.717, 1.165) is 26.1 Å². The summed E-state index contributed by atoms with van der Waals surface area (Å²) >= 11 is 0. The van der Waals surface area contributed by atoms with Crippen molar-refractivity contribution < 1.29 is 14.3 Å². The molecule has 0 saturated carbocycles. The zero-order valence-electron chi connectivity index (χ0n) is 11.3. The van der Waals surface area contributed by atoms with Gasteiger partial charge in [0.2, 0.25) is 0 Å². The topological polar surface area (TPSA) is 77.7 Å². The standard InChI is InChI=1S/C13H19N3O3/c1-16(10-3-5-19-6-4-10)12-11(13(17)18-2)7-9(14)8-15-12/h7-8,10H,3-6,14H2,1-2H3. The van der Waals surface area contributed by atoms with Crippen molar-refractivity contribution in [2.45, 2.75) is 18.9 Å². The number of anilines is 2. The van der Waals surface area contributed by atoms with E-state index in [1.807, 2.05) is 11.9 Å². The van der Waals surface area contributed by atoms with Gasteiger partial charge in [-0.05, 0) is 18.9 Å². The smallest absolute Gasteiger partial charge is 0.341 e. The molecule has 6 nitrogen and oxygen atoms in total. The summed E-state index contributed by atoms with van der Waals surface area (Å²) in [7, 11) is 3.28. The van der Waals surface area contributed by atoms with Crippen LogP contribution in [0.15, 0.2) is 12.3 Å². The number of carbonyl (C=O) groups is 1. The molecule has 19 heavy (non-hydrogen) atoms. The van der Waals surface area contributed by atoms with Crippen molar-refractivity contribution in [2.24, 2.45) is 0 Å². The van der Waals surface area contributed by atoms with E-state index >= 15 is 0 Å². The summed E-state index contributed by atoms with van der Waals surface area (Å²) in [4.78, 5) is 18.1. The van der Waals surface area contributed by atoms with Gasteiger partial charge in [0.25, 0.3) is 0 Å². The fourth-order valence-corrected chi connectivity index (χ4v) is 2.26. The Morgan fingerprint density at radius 2 is 2.21 bits per heavy atom.